The highest BCUT2D eigenvalue weighted by atomic mass is 32.1. The van der Waals surface area contributed by atoms with E-state index in [0.717, 1.165) is 15.3 Å². The second-order valence-corrected chi connectivity index (χ2v) is 4.51. The average Bonchev–Trinajstić information content (AvgIpc) is 2.41. The van der Waals surface area contributed by atoms with Crippen LogP contribution in [0.4, 0.5) is 5.69 Å². The summed E-state index contributed by atoms with van der Waals surface area (Å²) in [6.45, 7) is 2.08. The van der Waals surface area contributed by atoms with Gasteiger partial charge in [-0.1, -0.05) is 0 Å². The van der Waals surface area contributed by atoms with Gasteiger partial charge < -0.3 is 5.73 Å². The number of thiophene rings is 1. The summed E-state index contributed by atoms with van der Waals surface area (Å²) >= 11 is 6.08. The minimum atomic E-state index is 0.848. The zero-order valence-electron chi connectivity index (χ0n) is 6.66. The fourth-order valence-electron chi connectivity index (χ4n) is 1.25. The number of nitrogens with two attached hydrogens (primary N) is 1. The predicted octanol–water partition coefficient (Wildman–Crippen LogP) is 3.08. The van der Waals surface area contributed by atoms with Crippen molar-refractivity contribution in [3.05, 3.63) is 23.1 Å². The van der Waals surface area contributed by atoms with Crippen molar-refractivity contribution in [3.63, 3.8) is 0 Å². The molecule has 2 N–H and O–H groups in total. The van der Waals surface area contributed by atoms with Crippen molar-refractivity contribution in [2.75, 3.05) is 5.73 Å². The van der Waals surface area contributed by atoms with Gasteiger partial charge in [0, 0.05) is 20.8 Å². The average molecular weight is 195 g/mol. The van der Waals surface area contributed by atoms with Crippen molar-refractivity contribution in [2.24, 2.45) is 0 Å². The third kappa shape index (κ3) is 1.09. The summed E-state index contributed by atoms with van der Waals surface area (Å²) < 4.78 is 1.15. The van der Waals surface area contributed by atoms with E-state index in [1.54, 1.807) is 11.3 Å². The molecule has 0 unspecified atom stereocenters. The highest BCUT2D eigenvalue weighted by Crippen LogP contribution is 2.33. The Balaban J connectivity index is 2.93. The third-order valence-electron chi connectivity index (χ3n) is 1.81. The monoisotopic (exact) mass is 195 g/mol. The summed E-state index contributed by atoms with van der Waals surface area (Å²) in [5.74, 6) is 0. The Kier molecular flexibility index (Phi) is 1.77. The van der Waals surface area contributed by atoms with Crippen LogP contribution in [-0.4, -0.2) is 0 Å². The largest absolute Gasteiger partial charge is 0.398 e. The van der Waals surface area contributed by atoms with Crippen LogP contribution in [-0.2, 0) is 0 Å². The summed E-state index contributed by atoms with van der Waals surface area (Å²) in [7, 11) is 0. The Morgan fingerprint density at radius 2 is 2.17 bits per heavy atom. The van der Waals surface area contributed by atoms with Gasteiger partial charge in [-0.2, -0.15) is 0 Å². The normalized spacial score (nSPS) is 10.8. The number of rotatable bonds is 0. The van der Waals surface area contributed by atoms with Gasteiger partial charge in [0.2, 0.25) is 0 Å². The number of fused-ring (bicyclic) bond motifs is 1. The van der Waals surface area contributed by atoms with Gasteiger partial charge in [0.15, 0.2) is 0 Å². The first kappa shape index (κ1) is 7.95. The fourth-order valence-corrected chi connectivity index (χ4v) is 2.54. The van der Waals surface area contributed by atoms with Crippen molar-refractivity contribution >= 4 is 39.7 Å². The molecule has 2 rings (SSSR count). The summed E-state index contributed by atoms with van der Waals surface area (Å²) in [4.78, 5) is 2.28. The zero-order valence-corrected chi connectivity index (χ0v) is 8.38. The van der Waals surface area contributed by atoms with Crippen molar-refractivity contribution in [3.8, 4) is 0 Å². The van der Waals surface area contributed by atoms with E-state index in [-0.39, 0.29) is 0 Å². The molecule has 0 saturated carbocycles. The fraction of sp³-hybridized carbons (Fsp3) is 0.111. The lowest BCUT2D eigenvalue weighted by Gasteiger charge is -1.97. The second-order valence-electron chi connectivity index (χ2n) is 2.77. The van der Waals surface area contributed by atoms with Crippen molar-refractivity contribution in [1.82, 2.24) is 0 Å². The minimum absolute atomic E-state index is 0.848. The molecule has 1 heterocycles. The maximum Gasteiger partial charge on any atom is 0.0586 e. The first-order valence-corrected chi connectivity index (χ1v) is 4.92. The Labute approximate surface area is 80.6 Å². The minimum Gasteiger partial charge on any atom is -0.398 e. The van der Waals surface area contributed by atoms with Gasteiger partial charge in [0.05, 0.1) is 4.70 Å². The van der Waals surface area contributed by atoms with E-state index in [1.165, 1.54) is 10.3 Å². The molecule has 0 aliphatic carbocycles. The van der Waals surface area contributed by atoms with Crippen molar-refractivity contribution in [2.45, 2.75) is 11.8 Å². The lowest BCUT2D eigenvalue weighted by atomic mass is 10.2. The van der Waals surface area contributed by atoms with E-state index >= 15 is 0 Å². The molecule has 0 saturated heterocycles. The molecule has 3 heteroatoms. The number of thiol groups is 1. The molecular formula is C9H9NS2. The number of hydrogen-bond donors (Lipinski definition) is 2. The molecule has 0 amide bonds. The van der Waals surface area contributed by atoms with Gasteiger partial charge in [-0.15, -0.1) is 24.0 Å². The molecule has 1 aromatic carbocycles. The van der Waals surface area contributed by atoms with E-state index in [4.69, 9.17) is 5.73 Å². The highest BCUT2D eigenvalue weighted by molar-refractivity contribution is 7.80. The molecule has 0 aliphatic rings. The van der Waals surface area contributed by atoms with Gasteiger partial charge in [0.25, 0.3) is 0 Å². The number of aryl methyl sites for hydroxylation is 1. The van der Waals surface area contributed by atoms with E-state index < -0.39 is 0 Å². The SMILES string of the molecule is Cc1cc2c(S)ccc(N)c2s1. The standard InChI is InChI=1S/C9H9NS2/c1-5-4-6-8(11)3-2-7(10)9(6)12-5/h2-4,11H,10H2,1H3. The summed E-state index contributed by atoms with van der Waals surface area (Å²) in [6, 6.07) is 5.96. The van der Waals surface area contributed by atoms with Crippen LogP contribution in [0.1, 0.15) is 4.88 Å². The zero-order chi connectivity index (χ0) is 8.72. The lowest BCUT2D eigenvalue weighted by Crippen LogP contribution is -1.83. The number of benzene rings is 1. The molecule has 0 aliphatic heterocycles. The van der Waals surface area contributed by atoms with Gasteiger partial charge in [-0.25, -0.2) is 0 Å². The molecule has 0 bridgehead atoms. The predicted molar refractivity (Wildman–Crippen MR) is 58.2 cm³/mol. The van der Waals surface area contributed by atoms with Crippen LogP contribution in [0.5, 0.6) is 0 Å². The first-order valence-electron chi connectivity index (χ1n) is 3.66. The lowest BCUT2D eigenvalue weighted by molar-refractivity contribution is 1.57. The number of hydrogen-bond acceptors (Lipinski definition) is 3. The Bertz CT molecular complexity index is 392. The van der Waals surface area contributed by atoms with Crippen LogP contribution in [0.2, 0.25) is 0 Å². The quantitative estimate of drug-likeness (QED) is 0.490. The maximum atomic E-state index is 5.81. The topological polar surface area (TPSA) is 26.0 Å². The third-order valence-corrected chi connectivity index (χ3v) is 3.30. The Hall–Kier alpha value is -0.670. The summed E-state index contributed by atoms with van der Waals surface area (Å²) in [6.07, 6.45) is 0. The van der Waals surface area contributed by atoms with E-state index in [2.05, 4.69) is 25.6 Å². The molecule has 0 fully saturated rings. The molecule has 12 heavy (non-hydrogen) atoms. The Morgan fingerprint density at radius 1 is 1.42 bits per heavy atom. The molecule has 0 radical (unpaired) electrons. The van der Waals surface area contributed by atoms with Crippen LogP contribution < -0.4 is 5.73 Å². The van der Waals surface area contributed by atoms with Gasteiger partial charge in [-0.05, 0) is 25.1 Å². The molecule has 1 nitrogen and oxygen atoms in total. The summed E-state index contributed by atoms with van der Waals surface area (Å²) in [5.41, 5.74) is 6.66. The van der Waals surface area contributed by atoms with Crippen LogP contribution in [0, 0.1) is 6.92 Å². The van der Waals surface area contributed by atoms with Gasteiger partial charge in [-0.3, -0.25) is 0 Å². The highest BCUT2D eigenvalue weighted by Gasteiger charge is 2.04. The molecule has 1 aromatic heterocycles. The van der Waals surface area contributed by atoms with Gasteiger partial charge in [0.1, 0.15) is 0 Å². The van der Waals surface area contributed by atoms with E-state index in [1.807, 2.05) is 12.1 Å². The van der Waals surface area contributed by atoms with Crippen molar-refractivity contribution in [1.29, 1.82) is 0 Å². The van der Waals surface area contributed by atoms with Crippen LogP contribution in [0.25, 0.3) is 10.1 Å². The van der Waals surface area contributed by atoms with E-state index in [9.17, 15) is 0 Å². The molecule has 2 aromatic rings. The smallest absolute Gasteiger partial charge is 0.0586 e. The molecule has 0 atom stereocenters. The van der Waals surface area contributed by atoms with Crippen molar-refractivity contribution < 1.29 is 0 Å². The molecule has 0 spiro atoms. The second kappa shape index (κ2) is 2.68. The van der Waals surface area contributed by atoms with Crippen LogP contribution in [0.15, 0.2) is 23.1 Å². The van der Waals surface area contributed by atoms with E-state index in [0.29, 0.717) is 0 Å². The number of anilines is 1. The van der Waals surface area contributed by atoms with Crippen LogP contribution in [0.3, 0.4) is 0 Å². The Morgan fingerprint density at radius 3 is 2.83 bits per heavy atom. The number of nitrogen functional groups attached to an aromatic ring is 1. The van der Waals surface area contributed by atoms with Gasteiger partial charge >= 0.3 is 0 Å². The summed E-state index contributed by atoms with van der Waals surface area (Å²) in [5, 5.41) is 1.17. The maximum absolute atomic E-state index is 5.81. The molecular weight excluding hydrogens is 186 g/mol. The molecule has 62 valence electrons. The first-order chi connectivity index (χ1) is 5.68. The van der Waals surface area contributed by atoms with Crippen LogP contribution >= 0.6 is 24.0 Å².